The molecule has 0 aliphatic rings. The summed E-state index contributed by atoms with van der Waals surface area (Å²) in [5, 5.41) is 15.1. The van der Waals surface area contributed by atoms with Crippen molar-refractivity contribution in [2.24, 2.45) is 0 Å². The molecule has 0 bridgehead atoms. The minimum absolute atomic E-state index is 0.819. The summed E-state index contributed by atoms with van der Waals surface area (Å²) >= 11 is 3.35. The summed E-state index contributed by atoms with van der Waals surface area (Å²) in [7, 11) is 0. The van der Waals surface area contributed by atoms with Gasteiger partial charge in [0.2, 0.25) is 0 Å². The zero-order chi connectivity index (χ0) is 47.7. The summed E-state index contributed by atoms with van der Waals surface area (Å²) in [6, 6.07) is 88.1. The van der Waals surface area contributed by atoms with Crippen LogP contribution in [-0.4, -0.2) is 15.0 Å². The molecule has 0 fully saturated rings. The molecule has 14 aromatic rings. The molecule has 3 heterocycles. The van der Waals surface area contributed by atoms with Gasteiger partial charge in [-0.1, -0.05) is 206 Å². The molecule has 0 aliphatic carbocycles. The highest BCUT2D eigenvalue weighted by Crippen LogP contribution is 2.44. The van der Waals surface area contributed by atoms with E-state index in [2.05, 4.69) is 202 Å². The smallest absolute Gasteiger partial charge is 0.139 e. The summed E-state index contributed by atoms with van der Waals surface area (Å²) in [4.78, 5) is 16.9. The number of rotatable bonds is 6. The number of aromatic nitrogens is 3. The number of pyridine rings is 3. The van der Waals surface area contributed by atoms with E-state index in [0.29, 0.717) is 0 Å². The summed E-state index contributed by atoms with van der Waals surface area (Å²) < 4.78 is 0.869. The van der Waals surface area contributed by atoms with Crippen LogP contribution in [0.4, 0.5) is 23.0 Å². The quantitative estimate of drug-likeness (QED) is 0.102. The van der Waals surface area contributed by atoms with Crippen LogP contribution >= 0.6 is 15.9 Å². The van der Waals surface area contributed by atoms with E-state index < -0.39 is 0 Å². The standard InChI is InChI=1S/C38H25N3.C16H11N.C11H8BrN/c1-3-10-26(11-4-1)32-16-8-18-35(39-32)41(36-19-9-17-33(40-36)27-12-5-2-6-13-27)34-25-23-30-21-20-28-14-7-15-29-22-24-31(34)38(30)37(28)29;17-14-9-7-12-5-4-10-2-1-3-11-6-8-13(14)16(12)15(10)11;12-11-8-4-7-10(13-11)9-5-2-1-3-6-9/h1-25H;1-9H,17H2;1-8H. The van der Waals surface area contributed by atoms with E-state index in [0.717, 1.165) is 66.8 Å². The minimum atomic E-state index is 0.819. The summed E-state index contributed by atoms with van der Waals surface area (Å²) in [6.07, 6.45) is 0. The molecule has 2 N–H and O–H groups in total. The Morgan fingerprint density at radius 3 is 1.14 bits per heavy atom. The molecule has 0 saturated carbocycles. The highest BCUT2D eigenvalue weighted by molar-refractivity contribution is 9.10. The minimum Gasteiger partial charge on any atom is -0.398 e. The second-order valence-corrected chi connectivity index (χ2v) is 18.3. The summed E-state index contributed by atoms with van der Waals surface area (Å²) in [5.74, 6) is 1.64. The van der Waals surface area contributed by atoms with E-state index in [1.54, 1.807) is 0 Å². The largest absolute Gasteiger partial charge is 0.398 e. The Labute approximate surface area is 420 Å². The number of hydrogen-bond donors (Lipinski definition) is 1. The van der Waals surface area contributed by atoms with Gasteiger partial charge in [0, 0.05) is 33.2 Å². The van der Waals surface area contributed by atoms with Crippen molar-refractivity contribution in [1.29, 1.82) is 0 Å². The van der Waals surface area contributed by atoms with E-state index in [-0.39, 0.29) is 0 Å². The second-order valence-electron chi connectivity index (χ2n) is 17.5. The van der Waals surface area contributed by atoms with Gasteiger partial charge in [-0.25, -0.2) is 15.0 Å². The van der Waals surface area contributed by atoms with Gasteiger partial charge in [0.25, 0.3) is 0 Å². The Balaban J connectivity index is 0.000000140. The molecule has 336 valence electrons. The molecule has 0 aliphatic heterocycles. The Morgan fingerprint density at radius 1 is 0.296 bits per heavy atom. The van der Waals surface area contributed by atoms with Gasteiger partial charge < -0.3 is 5.73 Å². The number of benzene rings is 11. The van der Waals surface area contributed by atoms with E-state index in [9.17, 15) is 0 Å². The van der Waals surface area contributed by atoms with Crippen molar-refractivity contribution in [2.45, 2.75) is 0 Å². The van der Waals surface area contributed by atoms with Crippen LogP contribution in [0.5, 0.6) is 0 Å². The first-order valence-corrected chi connectivity index (χ1v) is 24.4. The fourth-order valence-corrected chi connectivity index (χ4v) is 10.2. The second kappa shape index (κ2) is 18.8. The first-order valence-electron chi connectivity index (χ1n) is 23.7. The highest BCUT2D eigenvalue weighted by atomic mass is 79.9. The van der Waals surface area contributed by atoms with Crippen LogP contribution in [0.2, 0.25) is 0 Å². The van der Waals surface area contributed by atoms with Gasteiger partial charge in [0.1, 0.15) is 16.2 Å². The number of nitrogen functional groups attached to an aromatic ring is 1. The molecule has 14 rings (SSSR count). The third-order valence-electron chi connectivity index (χ3n) is 13.2. The molecular formula is C65H44BrN5. The van der Waals surface area contributed by atoms with Crippen LogP contribution < -0.4 is 10.6 Å². The zero-order valence-corrected chi connectivity index (χ0v) is 40.1. The van der Waals surface area contributed by atoms with Crippen molar-refractivity contribution < 1.29 is 0 Å². The number of halogens is 1. The lowest BCUT2D eigenvalue weighted by molar-refractivity contribution is 1.14. The van der Waals surface area contributed by atoms with Crippen molar-refractivity contribution in [3.63, 3.8) is 0 Å². The van der Waals surface area contributed by atoms with Crippen LogP contribution in [0.1, 0.15) is 0 Å². The monoisotopic (exact) mass is 973 g/mol. The topological polar surface area (TPSA) is 67.9 Å². The maximum atomic E-state index is 6.07. The number of hydrogen-bond acceptors (Lipinski definition) is 5. The van der Waals surface area contributed by atoms with Crippen LogP contribution in [0, 0.1) is 0 Å². The molecule has 0 spiro atoms. The summed E-state index contributed by atoms with van der Waals surface area (Å²) in [5.41, 5.74) is 14.1. The Morgan fingerprint density at radius 2 is 0.662 bits per heavy atom. The summed E-state index contributed by atoms with van der Waals surface area (Å²) in [6.45, 7) is 0. The predicted molar refractivity (Wildman–Crippen MR) is 303 cm³/mol. The molecule has 0 atom stereocenters. The molecule has 0 radical (unpaired) electrons. The van der Waals surface area contributed by atoms with Crippen molar-refractivity contribution in [3.05, 3.63) is 259 Å². The lowest BCUT2D eigenvalue weighted by Crippen LogP contribution is -2.14. The van der Waals surface area contributed by atoms with E-state index in [1.807, 2.05) is 78.9 Å². The average Bonchev–Trinajstić information content (AvgIpc) is 3.44. The normalized spacial score (nSPS) is 11.2. The maximum Gasteiger partial charge on any atom is 0.139 e. The fraction of sp³-hybridized carbons (Fsp3) is 0. The average molecular weight is 975 g/mol. The molecule has 3 aromatic heterocycles. The van der Waals surface area contributed by atoms with Crippen LogP contribution in [0.15, 0.2) is 259 Å². The van der Waals surface area contributed by atoms with Gasteiger partial charge in [-0.05, 0) is 118 Å². The SMILES string of the molecule is Brc1cccc(-c2ccccc2)n1.Nc1ccc2ccc3cccc4ccc1c2c34.c1ccc(-c2cccc(N(c3cccc(-c4ccccc4)n3)c3ccc4ccc5cccc6ccc3c4c56)n2)cc1. The molecule has 0 unspecified atom stereocenters. The number of anilines is 4. The van der Waals surface area contributed by atoms with Gasteiger partial charge in [-0.3, -0.25) is 4.90 Å². The molecule has 0 saturated heterocycles. The Kier molecular flexibility index (Phi) is 11.5. The molecular weight excluding hydrogens is 931 g/mol. The van der Waals surface area contributed by atoms with E-state index in [4.69, 9.17) is 15.7 Å². The van der Waals surface area contributed by atoms with Crippen LogP contribution in [0.3, 0.4) is 0 Å². The number of nitrogens with two attached hydrogens (primary N) is 1. The fourth-order valence-electron chi connectivity index (χ4n) is 9.85. The van der Waals surface area contributed by atoms with Gasteiger partial charge in [-0.2, -0.15) is 0 Å². The third-order valence-corrected chi connectivity index (χ3v) is 13.6. The van der Waals surface area contributed by atoms with E-state index in [1.165, 1.54) is 59.2 Å². The van der Waals surface area contributed by atoms with Gasteiger partial charge >= 0.3 is 0 Å². The number of nitrogens with zero attached hydrogens (tertiary/aromatic N) is 4. The van der Waals surface area contributed by atoms with Crippen molar-refractivity contribution in [2.75, 3.05) is 10.6 Å². The molecule has 5 nitrogen and oxygen atoms in total. The highest BCUT2D eigenvalue weighted by Gasteiger charge is 2.21. The van der Waals surface area contributed by atoms with Gasteiger partial charge in [-0.15, -0.1) is 0 Å². The lowest BCUT2D eigenvalue weighted by Gasteiger charge is -2.26. The molecule has 71 heavy (non-hydrogen) atoms. The maximum absolute atomic E-state index is 6.07. The first kappa shape index (κ1) is 43.3. The van der Waals surface area contributed by atoms with Crippen molar-refractivity contribution >= 4 is 104 Å². The van der Waals surface area contributed by atoms with Crippen LogP contribution in [-0.2, 0) is 0 Å². The Bertz CT molecular complexity index is 4030. The zero-order valence-electron chi connectivity index (χ0n) is 38.5. The third kappa shape index (κ3) is 8.41. The van der Waals surface area contributed by atoms with E-state index >= 15 is 0 Å². The van der Waals surface area contributed by atoms with Crippen LogP contribution in [0.25, 0.3) is 98.4 Å². The van der Waals surface area contributed by atoms with Crippen molar-refractivity contribution in [3.8, 4) is 33.8 Å². The van der Waals surface area contributed by atoms with Gasteiger partial charge in [0.15, 0.2) is 0 Å². The molecule has 0 amide bonds. The lowest BCUT2D eigenvalue weighted by atomic mass is 9.93. The first-order chi connectivity index (χ1) is 35.0. The molecule has 11 aromatic carbocycles. The molecule has 6 heteroatoms. The predicted octanol–water partition coefficient (Wildman–Crippen LogP) is 17.9. The van der Waals surface area contributed by atoms with Gasteiger partial charge in [0.05, 0.1) is 22.8 Å². The van der Waals surface area contributed by atoms with Crippen molar-refractivity contribution in [1.82, 2.24) is 15.0 Å². The Hall–Kier alpha value is -8.97.